The van der Waals surface area contributed by atoms with E-state index in [0.717, 1.165) is 29.2 Å². The summed E-state index contributed by atoms with van der Waals surface area (Å²) in [5.74, 6) is -1.26. The number of hydrogen-bond donors (Lipinski definition) is 0. The monoisotopic (exact) mass is 408 g/mol. The Labute approximate surface area is 165 Å². The van der Waals surface area contributed by atoms with Crippen molar-refractivity contribution in [2.24, 2.45) is 0 Å². The van der Waals surface area contributed by atoms with E-state index < -0.39 is 21.7 Å². The number of nitro groups is 2. The number of carbonyl (C=O) groups excluding carboxylic acids is 2. The predicted molar refractivity (Wildman–Crippen MR) is 103 cm³/mol. The standard InChI is InChI=1S/C17H16N4O6.ClH/c1-18(2)4-3-5-19-16(22)13-8-11(20(24)25)6-10-7-12(21(26)27)9-14(15(10)13)17(19)23;/h6-9H,3-5H2,1-2H3;1H. The number of nitrogens with zero attached hydrogens (tertiary/aromatic N) is 4. The minimum absolute atomic E-state index is 0. The Morgan fingerprint density at radius 2 is 1.39 bits per heavy atom. The van der Waals surface area contributed by atoms with Crippen LogP contribution >= 0.6 is 12.4 Å². The highest BCUT2D eigenvalue weighted by molar-refractivity contribution is 6.26. The van der Waals surface area contributed by atoms with Gasteiger partial charge in [-0.3, -0.25) is 34.7 Å². The summed E-state index contributed by atoms with van der Waals surface area (Å²) in [6.45, 7) is 0.741. The van der Waals surface area contributed by atoms with Gasteiger partial charge in [0.05, 0.1) is 21.0 Å². The lowest BCUT2D eigenvalue weighted by Crippen LogP contribution is -2.41. The van der Waals surface area contributed by atoms with Crippen LogP contribution < -0.4 is 0 Å². The molecule has 0 bridgehead atoms. The smallest absolute Gasteiger partial charge is 0.270 e. The fourth-order valence-corrected chi connectivity index (χ4v) is 3.16. The first-order valence-corrected chi connectivity index (χ1v) is 8.12. The number of carbonyl (C=O) groups is 2. The molecule has 0 aromatic heterocycles. The molecule has 0 aliphatic carbocycles. The van der Waals surface area contributed by atoms with Crippen LogP contribution in [0.1, 0.15) is 27.1 Å². The number of nitro benzene ring substituents is 2. The van der Waals surface area contributed by atoms with Gasteiger partial charge in [-0.15, -0.1) is 12.4 Å². The Kier molecular flexibility index (Phi) is 5.95. The molecule has 0 N–H and O–H groups in total. The van der Waals surface area contributed by atoms with Crippen LogP contribution in [0.25, 0.3) is 10.8 Å². The van der Waals surface area contributed by atoms with Gasteiger partial charge in [0.25, 0.3) is 23.2 Å². The Morgan fingerprint density at radius 3 is 1.79 bits per heavy atom. The van der Waals surface area contributed by atoms with Gasteiger partial charge in [-0.05, 0) is 32.4 Å². The molecule has 0 unspecified atom stereocenters. The topological polar surface area (TPSA) is 127 Å². The van der Waals surface area contributed by atoms with Crippen molar-refractivity contribution in [3.63, 3.8) is 0 Å². The van der Waals surface area contributed by atoms with E-state index in [2.05, 4.69) is 0 Å². The summed E-state index contributed by atoms with van der Waals surface area (Å²) >= 11 is 0. The normalized spacial score (nSPS) is 13.0. The SMILES string of the molecule is CN(C)CCCN1C(=O)c2cc([N+](=O)[O-])cc3cc([N+](=O)[O-])cc(c23)C1=O.Cl. The van der Waals surface area contributed by atoms with Crippen LogP contribution in [0.15, 0.2) is 24.3 Å². The van der Waals surface area contributed by atoms with Gasteiger partial charge in [-0.25, -0.2) is 0 Å². The van der Waals surface area contributed by atoms with Gasteiger partial charge < -0.3 is 4.90 Å². The zero-order valence-electron chi connectivity index (χ0n) is 15.1. The fraction of sp³-hybridized carbons (Fsp3) is 0.294. The van der Waals surface area contributed by atoms with E-state index in [1.54, 1.807) is 0 Å². The van der Waals surface area contributed by atoms with E-state index in [-0.39, 0.29) is 52.2 Å². The second kappa shape index (κ2) is 7.87. The third-order valence-electron chi connectivity index (χ3n) is 4.38. The zero-order chi connectivity index (χ0) is 19.9. The molecule has 2 aromatic carbocycles. The van der Waals surface area contributed by atoms with Crippen LogP contribution in [0.2, 0.25) is 0 Å². The Bertz CT molecular complexity index is 938. The molecule has 1 heterocycles. The number of amides is 2. The molecule has 0 radical (unpaired) electrons. The van der Waals surface area contributed by atoms with Gasteiger partial charge in [0, 0.05) is 36.2 Å². The number of non-ortho nitro benzene ring substituents is 2. The molecule has 1 aliphatic heterocycles. The van der Waals surface area contributed by atoms with Crippen molar-refractivity contribution in [2.45, 2.75) is 6.42 Å². The van der Waals surface area contributed by atoms with E-state index in [0.29, 0.717) is 13.0 Å². The number of imide groups is 1. The summed E-state index contributed by atoms with van der Waals surface area (Å²) in [7, 11) is 3.70. The van der Waals surface area contributed by atoms with Gasteiger partial charge in [0.1, 0.15) is 0 Å². The molecule has 0 fully saturated rings. The summed E-state index contributed by atoms with van der Waals surface area (Å²) in [5.41, 5.74) is -0.707. The van der Waals surface area contributed by atoms with Gasteiger partial charge in [-0.1, -0.05) is 0 Å². The Balaban J connectivity index is 0.00000280. The van der Waals surface area contributed by atoms with Crippen LogP contribution in [-0.2, 0) is 0 Å². The van der Waals surface area contributed by atoms with E-state index in [1.165, 1.54) is 0 Å². The first-order chi connectivity index (χ1) is 12.7. The molecule has 10 nitrogen and oxygen atoms in total. The van der Waals surface area contributed by atoms with E-state index in [4.69, 9.17) is 0 Å². The summed E-state index contributed by atoms with van der Waals surface area (Å²) in [4.78, 5) is 49.6. The molecule has 148 valence electrons. The average Bonchev–Trinajstić information content (AvgIpc) is 2.60. The summed E-state index contributed by atoms with van der Waals surface area (Å²) in [6.07, 6.45) is 0.507. The van der Waals surface area contributed by atoms with E-state index >= 15 is 0 Å². The summed E-state index contributed by atoms with van der Waals surface area (Å²) in [6, 6.07) is 4.51. The van der Waals surface area contributed by atoms with Crippen molar-refractivity contribution in [3.8, 4) is 0 Å². The molecule has 0 saturated heterocycles. The molecular formula is C17H17ClN4O6. The molecular weight excluding hydrogens is 392 g/mol. The first kappa shape index (κ1) is 21.2. The highest BCUT2D eigenvalue weighted by Crippen LogP contribution is 2.36. The van der Waals surface area contributed by atoms with Crippen LogP contribution in [-0.4, -0.2) is 58.6 Å². The molecule has 3 rings (SSSR count). The number of hydrogen-bond acceptors (Lipinski definition) is 7. The Morgan fingerprint density at radius 1 is 0.929 bits per heavy atom. The lowest BCUT2D eigenvalue weighted by molar-refractivity contribution is -0.385. The molecule has 1 aliphatic rings. The maximum atomic E-state index is 12.8. The van der Waals surface area contributed by atoms with E-state index in [1.807, 2.05) is 19.0 Å². The third-order valence-corrected chi connectivity index (χ3v) is 4.38. The van der Waals surface area contributed by atoms with Crippen molar-refractivity contribution in [2.75, 3.05) is 27.2 Å². The van der Waals surface area contributed by atoms with Gasteiger partial charge in [0.2, 0.25) is 0 Å². The third kappa shape index (κ3) is 3.64. The fourth-order valence-electron chi connectivity index (χ4n) is 3.16. The highest BCUT2D eigenvalue weighted by atomic mass is 35.5. The molecule has 2 amide bonds. The first-order valence-electron chi connectivity index (χ1n) is 8.12. The second-order valence-electron chi connectivity index (χ2n) is 6.52. The van der Waals surface area contributed by atoms with Crippen LogP contribution in [0.5, 0.6) is 0 Å². The Hall–Kier alpha value is -3.11. The largest absolute Gasteiger partial charge is 0.309 e. The highest BCUT2D eigenvalue weighted by Gasteiger charge is 2.35. The van der Waals surface area contributed by atoms with E-state index in [9.17, 15) is 29.8 Å². The quantitative estimate of drug-likeness (QED) is 0.408. The lowest BCUT2D eigenvalue weighted by atomic mass is 9.92. The van der Waals surface area contributed by atoms with Crippen LogP contribution in [0.3, 0.4) is 0 Å². The van der Waals surface area contributed by atoms with Crippen molar-refractivity contribution >= 4 is 46.4 Å². The second-order valence-corrected chi connectivity index (χ2v) is 6.52. The lowest BCUT2D eigenvalue weighted by Gasteiger charge is -2.27. The summed E-state index contributed by atoms with van der Waals surface area (Å²) < 4.78 is 0. The molecule has 28 heavy (non-hydrogen) atoms. The minimum atomic E-state index is -0.672. The van der Waals surface area contributed by atoms with Gasteiger partial charge in [-0.2, -0.15) is 0 Å². The minimum Gasteiger partial charge on any atom is -0.309 e. The maximum absolute atomic E-state index is 12.8. The number of halogens is 1. The average molecular weight is 409 g/mol. The van der Waals surface area contributed by atoms with Crippen molar-refractivity contribution < 1.29 is 19.4 Å². The van der Waals surface area contributed by atoms with Crippen molar-refractivity contribution in [1.82, 2.24) is 9.80 Å². The van der Waals surface area contributed by atoms with Gasteiger partial charge in [0.15, 0.2) is 0 Å². The van der Waals surface area contributed by atoms with Crippen LogP contribution in [0.4, 0.5) is 11.4 Å². The molecule has 0 saturated carbocycles. The zero-order valence-corrected chi connectivity index (χ0v) is 15.9. The van der Waals surface area contributed by atoms with Crippen LogP contribution in [0, 0.1) is 20.2 Å². The number of rotatable bonds is 6. The molecule has 2 aromatic rings. The van der Waals surface area contributed by atoms with Crippen molar-refractivity contribution in [1.29, 1.82) is 0 Å². The molecule has 0 spiro atoms. The maximum Gasteiger partial charge on any atom is 0.270 e. The number of benzene rings is 2. The van der Waals surface area contributed by atoms with Gasteiger partial charge >= 0.3 is 0 Å². The van der Waals surface area contributed by atoms with Crippen molar-refractivity contribution in [3.05, 3.63) is 55.6 Å². The molecule has 0 atom stereocenters. The summed E-state index contributed by atoms with van der Waals surface area (Å²) in [5, 5.41) is 22.8. The predicted octanol–water partition coefficient (Wildman–Crippen LogP) is 2.63. The molecule has 11 heteroatoms.